The fraction of sp³-hybridized carbons (Fsp3) is 0.360. The van der Waals surface area contributed by atoms with Gasteiger partial charge in [-0.1, -0.05) is 44.2 Å². The highest BCUT2D eigenvalue weighted by Gasteiger charge is 2.33. The fourth-order valence-electron chi connectivity index (χ4n) is 4.46. The van der Waals surface area contributed by atoms with Crippen molar-refractivity contribution in [2.45, 2.75) is 45.7 Å². The number of carbonyl (C=O) groups is 1. The minimum absolute atomic E-state index is 0.0697. The summed E-state index contributed by atoms with van der Waals surface area (Å²) in [5.74, 6) is 0.123. The van der Waals surface area contributed by atoms with Crippen LogP contribution < -0.4 is 5.56 Å². The molecule has 0 N–H and O–H groups in total. The lowest BCUT2D eigenvalue weighted by molar-refractivity contribution is 0.0604. The van der Waals surface area contributed by atoms with Gasteiger partial charge in [0, 0.05) is 18.5 Å². The highest BCUT2D eigenvalue weighted by molar-refractivity contribution is 7.18. The molecule has 0 spiro atoms. The van der Waals surface area contributed by atoms with E-state index in [-0.39, 0.29) is 23.4 Å². The second-order valence-corrected chi connectivity index (χ2v) is 9.87. The molecule has 1 amide bonds. The Bertz CT molecular complexity index is 1320. The van der Waals surface area contributed by atoms with Crippen LogP contribution >= 0.6 is 11.3 Å². The number of aromatic nitrogens is 3. The Hall–Kier alpha value is -3.06. The highest BCUT2D eigenvalue weighted by atomic mass is 32.1. The van der Waals surface area contributed by atoms with Crippen molar-refractivity contribution in [3.05, 3.63) is 69.6 Å². The first-order valence-electron chi connectivity index (χ1n) is 11.2. The van der Waals surface area contributed by atoms with Gasteiger partial charge in [-0.05, 0) is 43.4 Å². The molecule has 1 fully saturated rings. The smallest absolute Gasteiger partial charge is 0.275 e. The van der Waals surface area contributed by atoms with E-state index in [1.807, 2.05) is 55.1 Å². The van der Waals surface area contributed by atoms with Crippen LogP contribution in [0.1, 0.15) is 54.6 Å². The van der Waals surface area contributed by atoms with Gasteiger partial charge in [-0.2, -0.15) is 5.10 Å². The normalized spacial score (nSPS) is 16.8. The molecule has 1 aliphatic rings. The number of rotatable bonds is 4. The van der Waals surface area contributed by atoms with Crippen molar-refractivity contribution in [1.29, 1.82) is 0 Å². The Labute approximate surface area is 190 Å². The van der Waals surface area contributed by atoms with Crippen LogP contribution in [-0.2, 0) is 6.54 Å². The fourth-order valence-corrected chi connectivity index (χ4v) is 5.58. The van der Waals surface area contributed by atoms with Crippen LogP contribution in [0.25, 0.3) is 21.0 Å². The summed E-state index contributed by atoms with van der Waals surface area (Å²) in [5, 5.41) is 6.72. The largest absolute Gasteiger partial charge is 0.328 e. The summed E-state index contributed by atoms with van der Waals surface area (Å²) in [6, 6.07) is 15.3. The third-order valence-corrected chi connectivity index (χ3v) is 7.11. The zero-order valence-corrected chi connectivity index (χ0v) is 19.1. The number of nitrogens with zero attached hydrogens (tertiary/aromatic N) is 4. The van der Waals surface area contributed by atoms with Gasteiger partial charge in [-0.3, -0.25) is 9.59 Å². The molecule has 6 nitrogen and oxygen atoms in total. The molecule has 0 aliphatic carbocycles. The lowest BCUT2D eigenvalue weighted by atomic mass is 10.0. The Kier molecular flexibility index (Phi) is 5.51. The zero-order valence-electron chi connectivity index (χ0n) is 18.3. The van der Waals surface area contributed by atoms with Crippen LogP contribution in [0.2, 0.25) is 0 Å². The Morgan fingerprint density at radius 1 is 1.09 bits per heavy atom. The number of hydrogen-bond acceptors (Lipinski definition) is 5. The molecule has 164 valence electrons. The number of para-hydroxylation sites is 1. The molecular formula is C25H26N4O2S. The summed E-state index contributed by atoms with van der Waals surface area (Å²) in [7, 11) is 0. The molecule has 4 aromatic rings. The minimum Gasteiger partial charge on any atom is -0.328 e. The molecule has 2 aromatic carbocycles. The van der Waals surface area contributed by atoms with Gasteiger partial charge in [0.2, 0.25) is 0 Å². The predicted octanol–water partition coefficient (Wildman–Crippen LogP) is 5.03. The molecule has 2 aromatic heterocycles. The molecule has 0 bridgehead atoms. The summed E-state index contributed by atoms with van der Waals surface area (Å²) in [6.07, 6.45) is 2.90. The molecule has 1 saturated heterocycles. The maximum absolute atomic E-state index is 13.9. The molecule has 1 unspecified atom stereocenters. The molecule has 0 saturated carbocycles. The first-order valence-corrected chi connectivity index (χ1v) is 12.0. The third kappa shape index (κ3) is 3.71. The van der Waals surface area contributed by atoms with Crippen molar-refractivity contribution in [1.82, 2.24) is 19.7 Å². The van der Waals surface area contributed by atoms with E-state index in [9.17, 15) is 9.59 Å². The SMILES string of the molecule is CC(C)Cn1nc(C(=O)N2CCCCC2c2nc3ccccc3s2)c2ccccc2c1=O. The second kappa shape index (κ2) is 8.47. The Balaban J connectivity index is 1.60. The van der Waals surface area contributed by atoms with Gasteiger partial charge in [-0.15, -0.1) is 11.3 Å². The van der Waals surface area contributed by atoms with E-state index in [1.54, 1.807) is 17.4 Å². The topological polar surface area (TPSA) is 68.1 Å². The second-order valence-electron chi connectivity index (χ2n) is 8.81. The Morgan fingerprint density at radius 2 is 1.84 bits per heavy atom. The van der Waals surface area contributed by atoms with E-state index < -0.39 is 0 Å². The van der Waals surface area contributed by atoms with Gasteiger partial charge >= 0.3 is 0 Å². The molecule has 1 atom stereocenters. The lowest BCUT2D eigenvalue weighted by Gasteiger charge is -2.34. The van der Waals surface area contributed by atoms with Crippen LogP contribution in [0.3, 0.4) is 0 Å². The van der Waals surface area contributed by atoms with Crippen LogP contribution in [0, 0.1) is 5.92 Å². The summed E-state index contributed by atoms with van der Waals surface area (Å²) < 4.78 is 2.59. The number of hydrogen-bond donors (Lipinski definition) is 0. The molecule has 0 radical (unpaired) electrons. The Morgan fingerprint density at radius 3 is 2.62 bits per heavy atom. The van der Waals surface area contributed by atoms with Crippen molar-refractivity contribution in [2.24, 2.45) is 5.92 Å². The third-order valence-electron chi connectivity index (χ3n) is 5.97. The van der Waals surface area contributed by atoms with E-state index in [0.29, 0.717) is 29.6 Å². The minimum atomic E-state index is -0.146. The number of amides is 1. The van der Waals surface area contributed by atoms with Crippen molar-refractivity contribution in [3.8, 4) is 0 Å². The average Bonchev–Trinajstić information content (AvgIpc) is 3.24. The molecule has 1 aliphatic heterocycles. The predicted molar refractivity (Wildman–Crippen MR) is 128 cm³/mol. The number of likely N-dealkylation sites (tertiary alicyclic amines) is 1. The molecular weight excluding hydrogens is 420 g/mol. The molecule has 7 heteroatoms. The summed E-state index contributed by atoms with van der Waals surface area (Å²) in [4.78, 5) is 33.6. The number of piperidine rings is 1. The number of carbonyl (C=O) groups excluding carboxylic acids is 1. The van der Waals surface area contributed by atoms with Gasteiger partial charge in [0.25, 0.3) is 11.5 Å². The maximum atomic E-state index is 13.9. The van der Waals surface area contributed by atoms with Gasteiger partial charge in [0.05, 0.1) is 21.6 Å². The zero-order chi connectivity index (χ0) is 22.2. The monoisotopic (exact) mass is 446 g/mol. The van der Waals surface area contributed by atoms with E-state index in [4.69, 9.17) is 4.98 Å². The van der Waals surface area contributed by atoms with Crippen LogP contribution in [0.4, 0.5) is 0 Å². The van der Waals surface area contributed by atoms with E-state index in [2.05, 4.69) is 11.2 Å². The van der Waals surface area contributed by atoms with Gasteiger partial charge in [0.15, 0.2) is 5.69 Å². The van der Waals surface area contributed by atoms with Crippen LogP contribution in [0.5, 0.6) is 0 Å². The summed E-state index contributed by atoms with van der Waals surface area (Å²) in [6.45, 7) is 5.22. The van der Waals surface area contributed by atoms with E-state index >= 15 is 0 Å². The van der Waals surface area contributed by atoms with Gasteiger partial charge < -0.3 is 4.90 Å². The summed E-state index contributed by atoms with van der Waals surface area (Å²) in [5.41, 5.74) is 1.18. The molecule has 3 heterocycles. The summed E-state index contributed by atoms with van der Waals surface area (Å²) >= 11 is 1.66. The maximum Gasteiger partial charge on any atom is 0.275 e. The van der Waals surface area contributed by atoms with Crippen LogP contribution in [0.15, 0.2) is 53.3 Å². The standard InChI is InChI=1S/C25H26N4O2S/c1-16(2)15-29-24(30)18-10-4-3-9-17(18)22(27-29)25(31)28-14-8-7-12-20(28)23-26-19-11-5-6-13-21(19)32-23/h3-6,9-11,13,16,20H,7-8,12,14-15H2,1-2H3. The van der Waals surface area contributed by atoms with Gasteiger partial charge in [0.1, 0.15) is 5.01 Å². The van der Waals surface area contributed by atoms with Crippen LogP contribution in [-0.4, -0.2) is 32.1 Å². The average molecular weight is 447 g/mol. The van der Waals surface area contributed by atoms with E-state index in [0.717, 1.165) is 34.5 Å². The molecule has 32 heavy (non-hydrogen) atoms. The number of benzene rings is 2. The first-order chi connectivity index (χ1) is 15.5. The van der Waals surface area contributed by atoms with Crippen molar-refractivity contribution >= 4 is 38.2 Å². The van der Waals surface area contributed by atoms with E-state index in [1.165, 1.54) is 4.68 Å². The number of thiazole rings is 1. The van der Waals surface area contributed by atoms with Crippen molar-refractivity contribution < 1.29 is 4.79 Å². The first kappa shape index (κ1) is 20.8. The highest BCUT2D eigenvalue weighted by Crippen LogP contribution is 2.36. The quantitative estimate of drug-likeness (QED) is 0.441. The number of fused-ring (bicyclic) bond motifs is 2. The lowest BCUT2D eigenvalue weighted by Crippen LogP contribution is -2.40. The molecule has 5 rings (SSSR count). The van der Waals surface area contributed by atoms with Crippen molar-refractivity contribution in [2.75, 3.05) is 6.54 Å². The van der Waals surface area contributed by atoms with Crippen molar-refractivity contribution in [3.63, 3.8) is 0 Å². The van der Waals surface area contributed by atoms with Gasteiger partial charge in [-0.25, -0.2) is 9.67 Å².